The molecule has 3 rings (SSSR count). The van der Waals surface area contributed by atoms with Gasteiger partial charge in [0.2, 0.25) is 0 Å². The molecule has 0 aromatic heterocycles. The van der Waals surface area contributed by atoms with Crippen molar-refractivity contribution in [2.45, 2.75) is 77.0 Å². The fraction of sp³-hybridized carbons (Fsp3) is 0.800. The highest BCUT2D eigenvalue weighted by Crippen LogP contribution is 2.48. The van der Waals surface area contributed by atoms with Crippen molar-refractivity contribution in [3.8, 4) is 0 Å². The number of ether oxygens (including phenoxy) is 1. The fourth-order valence-corrected chi connectivity index (χ4v) is 4.31. The number of alkyl halides is 2. The molecule has 3 atom stereocenters. The van der Waals surface area contributed by atoms with Crippen molar-refractivity contribution in [3.63, 3.8) is 0 Å². The first kappa shape index (κ1) is 21.8. The van der Waals surface area contributed by atoms with Gasteiger partial charge in [0.05, 0.1) is 18.2 Å². The van der Waals surface area contributed by atoms with E-state index in [9.17, 15) is 13.2 Å². The largest absolute Gasteiger partial charge is 0.493 e. The molecule has 0 radical (unpaired) electrons. The molecular formula is C20H30F3N5O. The minimum absolute atomic E-state index is 0.120. The molecule has 0 aromatic carbocycles. The van der Waals surface area contributed by atoms with Gasteiger partial charge in [-0.25, -0.2) is 13.2 Å². The second-order valence-electron chi connectivity index (χ2n) is 8.62. The number of likely N-dealkylation sites (tertiary alicyclic amines) is 1. The molecule has 6 nitrogen and oxygen atoms in total. The second kappa shape index (κ2) is 8.07. The molecule has 0 amide bonds. The number of hydrogen-bond donors (Lipinski definition) is 1. The van der Waals surface area contributed by atoms with Crippen LogP contribution in [0.3, 0.4) is 0 Å². The normalized spacial score (nSPS) is 31.6. The lowest BCUT2D eigenvalue weighted by Crippen LogP contribution is -2.43. The van der Waals surface area contributed by atoms with E-state index in [0.29, 0.717) is 24.4 Å². The standard InChI is InChI=1S/C20H30F3N5O/c1-5-25-15(9-17(24)28-7-6-20(22,23)11-28)18-13-8-16(29-12(2)3)14(21)10-19(13,4)27-26-18/h12-13,18,24H,5-11H2,1-4H3. The van der Waals surface area contributed by atoms with Crippen LogP contribution < -0.4 is 0 Å². The maximum Gasteiger partial charge on any atom is 0.266 e. The third kappa shape index (κ3) is 4.64. The van der Waals surface area contributed by atoms with E-state index in [1.54, 1.807) is 0 Å². The topological polar surface area (TPSA) is 73.4 Å². The number of azo groups is 1. The molecule has 2 heterocycles. The van der Waals surface area contributed by atoms with Crippen molar-refractivity contribution in [2.75, 3.05) is 19.6 Å². The Labute approximate surface area is 169 Å². The third-order valence-corrected chi connectivity index (χ3v) is 5.79. The first-order valence-electron chi connectivity index (χ1n) is 10.2. The predicted octanol–water partition coefficient (Wildman–Crippen LogP) is 4.76. The van der Waals surface area contributed by atoms with E-state index in [-0.39, 0.29) is 49.5 Å². The summed E-state index contributed by atoms with van der Waals surface area (Å²) < 4.78 is 47.3. The number of allylic oxidation sites excluding steroid dienone is 1. The van der Waals surface area contributed by atoms with Gasteiger partial charge in [-0.2, -0.15) is 10.2 Å². The van der Waals surface area contributed by atoms with E-state index in [4.69, 9.17) is 10.1 Å². The molecule has 0 spiro atoms. The Balaban J connectivity index is 1.77. The molecule has 0 bridgehead atoms. The number of aliphatic imine (C=N–C) groups is 1. The zero-order chi connectivity index (χ0) is 21.4. The van der Waals surface area contributed by atoms with E-state index in [1.165, 1.54) is 4.90 Å². The van der Waals surface area contributed by atoms with Crippen molar-refractivity contribution in [2.24, 2.45) is 21.1 Å². The lowest BCUT2D eigenvalue weighted by molar-refractivity contribution is 0.0174. The first-order chi connectivity index (χ1) is 13.5. The van der Waals surface area contributed by atoms with Gasteiger partial charge in [-0.15, -0.1) is 0 Å². The van der Waals surface area contributed by atoms with Gasteiger partial charge in [-0.3, -0.25) is 10.4 Å². The van der Waals surface area contributed by atoms with Crippen LogP contribution in [0.25, 0.3) is 0 Å². The molecule has 1 fully saturated rings. The highest BCUT2D eigenvalue weighted by Gasteiger charge is 2.51. The lowest BCUT2D eigenvalue weighted by atomic mass is 9.72. The van der Waals surface area contributed by atoms with Crippen LogP contribution in [-0.4, -0.2) is 59.7 Å². The molecule has 1 N–H and O–H groups in total. The average Bonchev–Trinajstić information content (AvgIpc) is 3.14. The second-order valence-corrected chi connectivity index (χ2v) is 8.62. The van der Waals surface area contributed by atoms with Gasteiger partial charge in [0.1, 0.15) is 23.5 Å². The highest BCUT2D eigenvalue weighted by atomic mass is 19.3. The van der Waals surface area contributed by atoms with Crippen LogP contribution >= 0.6 is 0 Å². The SMILES string of the molecule is CCN=C(CC(=N)N1CCC(F)(F)C1)C1N=NC2(C)CC(F)=C(OC(C)C)CC12. The van der Waals surface area contributed by atoms with Crippen molar-refractivity contribution < 1.29 is 17.9 Å². The Morgan fingerprint density at radius 2 is 2.14 bits per heavy atom. The van der Waals surface area contributed by atoms with Gasteiger partial charge in [0.25, 0.3) is 5.92 Å². The lowest BCUT2D eigenvalue weighted by Gasteiger charge is -2.36. The molecule has 1 saturated heterocycles. The van der Waals surface area contributed by atoms with Gasteiger partial charge in [-0.05, 0) is 27.7 Å². The zero-order valence-electron chi connectivity index (χ0n) is 17.5. The molecule has 3 unspecified atom stereocenters. The van der Waals surface area contributed by atoms with Gasteiger partial charge in [-0.1, -0.05) is 0 Å². The minimum atomic E-state index is -2.76. The van der Waals surface area contributed by atoms with E-state index in [0.717, 1.165) is 0 Å². The summed E-state index contributed by atoms with van der Waals surface area (Å²) in [5, 5.41) is 17.1. The van der Waals surface area contributed by atoms with Gasteiger partial charge >= 0.3 is 0 Å². The quantitative estimate of drug-likeness (QED) is 0.503. The summed E-state index contributed by atoms with van der Waals surface area (Å²) >= 11 is 0. The summed E-state index contributed by atoms with van der Waals surface area (Å²) in [5.74, 6) is -2.72. The molecule has 2 aliphatic heterocycles. The van der Waals surface area contributed by atoms with Gasteiger partial charge in [0, 0.05) is 50.4 Å². The van der Waals surface area contributed by atoms with Gasteiger partial charge in [0.15, 0.2) is 0 Å². The summed E-state index contributed by atoms with van der Waals surface area (Å²) in [7, 11) is 0. The van der Waals surface area contributed by atoms with E-state index >= 15 is 0 Å². The summed E-state index contributed by atoms with van der Waals surface area (Å²) in [6.45, 7) is 7.69. The smallest absolute Gasteiger partial charge is 0.266 e. The monoisotopic (exact) mass is 413 g/mol. The molecule has 29 heavy (non-hydrogen) atoms. The summed E-state index contributed by atoms with van der Waals surface area (Å²) in [6, 6.07) is -0.401. The minimum Gasteiger partial charge on any atom is -0.493 e. The van der Waals surface area contributed by atoms with E-state index < -0.39 is 24.0 Å². The van der Waals surface area contributed by atoms with Crippen LogP contribution in [0.15, 0.2) is 26.8 Å². The number of nitrogens with zero attached hydrogens (tertiary/aromatic N) is 4. The van der Waals surface area contributed by atoms with Crippen molar-refractivity contribution in [1.29, 1.82) is 5.41 Å². The maximum absolute atomic E-state index is 14.6. The Hall–Kier alpha value is -1.93. The molecule has 9 heteroatoms. The molecule has 3 aliphatic rings. The third-order valence-electron chi connectivity index (χ3n) is 5.79. The zero-order valence-corrected chi connectivity index (χ0v) is 17.5. The maximum atomic E-state index is 14.6. The van der Waals surface area contributed by atoms with E-state index in [1.807, 2.05) is 27.7 Å². The molecule has 1 aliphatic carbocycles. The Kier molecular flexibility index (Phi) is 6.06. The highest BCUT2D eigenvalue weighted by molar-refractivity contribution is 6.05. The Morgan fingerprint density at radius 3 is 2.72 bits per heavy atom. The number of rotatable bonds is 6. The van der Waals surface area contributed by atoms with Crippen LogP contribution in [0.1, 0.15) is 53.4 Å². The predicted molar refractivity (Wildman–Crippen MR) is 106 cm³/mol. The van der Waals surface area contributed by atoms with Crippen molar-refractivity contribution >= 4 is 11.5 Å². The number of hydrogen-bond acceptors (Lipinski definition) is 5. The molecule has 0 aromatic rings. The Bertz CT molecular complexity index is 748. The average molecular weight is 413 g/mol. The van der Waals surface area contributed by atoms with Crippen LogP contribution in [0.2, 0.25) is 0 Å². The van der Waals surface area contributed by atoms with Crippen LogP contribution in [0.5, 0.6) is 0 Å². The first-order valence-corrected chi connectivity index (χ1v) is 10.2. The van der Waals surface area contributed by atoms with E-state index in [2.05, 4.69) is 15.2 Å². The molecular weight excluding hydrogens is 383 g/mol. The van der Waals surface area contributed by atoms with Crippen LogP contribution in [0, 0.1) is 11.3 Å². The van der Waals surface area contributed by atoms with Crippen molar-refractivity contribution in [3.05, 3.63) is 11.6 Å². The number of fused-ring (bicyclic) bond motifs is 1. The number of halogens is 3. The van der Waals surface area contributed by atoms with Crippen LogP contribution in [0.4, 0.5) is 13.2 Å². The number of nitrogens with one attached hydrogen (secondary N) is 1. The number of amidine groups is 1. The molecule has 0 saturated carbocycles. The summed E-state index contributed by atoms with van der Waals surface area (Å²) in [5.41, 5.74) is -0.0351. The molecule has 162 valence electrons. The van der Waals surface area contributed by atoms with Crippen molar-refractivity contribution in [1.82, 2.24) is 4.90 Å². The fourth-order valence-electron chi connectivity index (χ4n) is 4.31. The Morgan fingerprint density at radius 1 is 1.41 bits per heavy atom. The summed E-state index contributed by atoms with van der Waals surface area (Å²) in [4.78, 5) is 5.95. The van der Waals surface area contributed by atoms with Gasteiger partial charge < -0.3 is 9.64 Å². The summed E-state index contributed by atoms with van der Waals surface area (Å²) in [6.07, 6.45) is 0.250. The van der Waals surface area contributed by atoms with Crippen LogP contribution in [-0.2, 0) is 4.74 Å².